The van der Waals surface area contributed by atoms with Crippen LogP contribution in [0.5, 0.6) is 5.75 Å². The molecule has 0 unspecified atom stereocenters. The molecule has 11 nitrogen and oxygen atoms in total. The molecule has 0 aliphatic carbocycles. The molecule has 0 aliphatic rings. The second kappa shape index (κ2) is 7.38. The number of hydrogen-bond acceptors (Lipinski definition) is 9. The van der Waals surface area contributed by atoms with E-state index in [1.54, 1.807) is 13.0 Å². The largest absolute Gasteiger partial charge is 0.507 e. The average Bonchev–Trinajstić information content (AvgIpc) is 2.65. The number of phenolic OH excluding ortho intramolecular Hbond substituents is 1. The SMILES string of the molecule is C/C(=N/Nc1ccc([N+](=O)[O-])cc1[N+](=O)[O-])c1c(O)ccc2c(C)cc(=O)oc12. The number of nitro benzene ring substituents is 2. The third-order valence-electron chi connectivity index (χ3n) is 4.19. The van der Waals surface area contributed by atoms with Crippen molar-refractivity contribution in [1.29, 1.82) is 0 Å². The highest BCUT2D eigenvalue weighted by atomic mass is 16.6. The Morgan fingerprint density at radius 1 is 1.14 bits per heavy atom. The van der Waals surface area contributed by atoms with Crippen LogP contribution in [-0.4, -0.2) is 20.7 Å². The molecule has 3 aromatic rings. The molecule has 11 heteroatoms. The van der Waals surface area contributed by atoms with Crippen molar-refractivity contribution in [3.05, 3.63) is 78.2 Å². The number of aryl methyl sites for hydroxylation is 1. The molecule has 0 amide bonds. The summed E-state index contributed by atoms with van der Waals surface area (Å²) in [6, 6.07) is 7.38. The number of aromatic hydroxyl groups is 1. The molecule has 0 fully saturated rings. The molecule has 2 aromatic carbocycles. The standard InChI is InChI=1S/C18H14N4O7/c1-9-7-16(24)29-18-12(9)4-6-15(23)17(18)10(2)19-20-13-5-3-11(21(25)26)8-14(13)22(27)28/h3-8,20,23H,1-2H3/b19-10-. The lowest BCUT2D eigenvalue weighted by molar-refractivity contribution is -0.393. The van der Waals surface area contributed by atoms with Gasteiger partial charge >= 0.3 is 11.3 Å². The van der Waals surface area contributed by atoms with Crippen molar-refractivity contribution < 1.29 is 19.4 Å². The molecule has 0 saturated carbocycles. The van der Waals surface area contributed by atoms with Gasteiger partial charge in [-0.2, -0.15) is 5.10 Å². The van der Waals surface area contributed by atoms with Gasteiger partial charge < -0.3 is 9.52 Å². The molecule has 148 valence electrons. The fraction of sp³-hybridized carbons (Fsp3) is 0.111. The molecule has 0 bridgehead atoms. The van der Waals surface area contributed by atoms with Gasteiger partial charge in [0.2, 0.25) is 0 Å². The maximum Gasteiger partial charge on any atom is 0.336 e. The Morgan fingerprint density at radius 3 is 2.52 bits per heavy atom. The summed E-state index contributed by atoms with van der Waals surface area (Å²) in [5.74, 6) is -0.201. The summed E-state index contributed by atoms with van der Waals surface area (Å²) >= 11 is 0. The summed E-state index contributed by atoms with van der Waals surface area (Å²) in [7, 11) is 0. The number of nitrogens with one attached hydrogen (secondary N) is 1. The normalized spacial score (nSPS) is 11.4. The van der Waals surface area contributed by atoms with E-state index >= 15 is 0 Å². The second-order valence-corrected chi connectivity index (χ2v) is 6.11. The van der Waals surface area contributed by atoms with Gasteiger partial charge in [0.1, 0.15) is 11.4 Å². The number of phenols is 1. The molecular weight excluding hydrogens is 384 g/mol. The quantitative estimate of drug-likeness (QED) is 0.286. The van der Waals surface area contributed by atoms with Crippen LogP contribution in [0.3, 0.4) is 0 Å². The van der Waals surface area contributed by atoms with Gasteiger partial charge in [0.05, 0.1) is 27.2 Å². The summed E-state index contributed by atoms with van der Waals surface area (Å²) in [4.78, 5) is 32.3. The predicted molar refractivity (Wildman–Crippen MR) is 104 cm³/mol. The van der Waals surface area contributed by atoms with Crippen LogP contribution in [0.2, 0.25) is 0 Å². The van der Waals surface area contributed by atoms with Gasteiger partial charge in [-0.3, -0.25) is 25.7 Å². The van der Waals surface area contributed by atoms with Crippen LogP contribution in [0.15, 0.2) is 50.7 Å². The minimum absolute atomic E-state index is 0.0858. The maximum atomic E-state index is 11.7. The molecule has 3 rings (SSSR count). The third kappa shape index (κ3) is 3.74. The summed E-state index contributed by atoms with van der Waals surface area (Å²) in [6.07, 6.45) is 0. The van der Waals surface area contributed by atoms with Crippen molar-refractivity contribution in [2.75, 3.05) is 5.43 Å². The van der Waals surface area contributed by atoms with Crippen LogP contribution in [0.4, 0.5) is 17.1 Å². The van der Waals surface area contributed by atoms with Gasteiger partial charge in [-0.1, -0.05) is 0 Å². The average molecular weight is 398 g/mol. The first-order valence-corrected chi connectivity index (χ1v) is 8.19. The van der Waals surface area contributed by atoms with Crippen LogP contribution in [0.25, 0.3) is 11.0 Å². The second-order valence-electron chi connectivity index (χ2n) is 6.11. The maximum absolute atomic E-state index is 11.7. The van der Waals surface area contributed by atoms with Crippen LogP contribution in [0.1, 0.15) is 18.1 Å². The Kier molecular flexibility index (Phi) is 4.96. The van der Waals surface area contributed by atoms with Crippen LogP contribution in [0, 0.1) is 27.2 Å². The van der Waals surface area contributed by atoms with Crippen LogP contribution >= 0.6 is 0 Å². The first-order chi connectivity index (χ1) is 13.7. The number of non-ortho nitro benzene ring substituents is 1. The van der Waals surface area contributed by atoms with Crippen molar-refractivity contribution >= 4 is 33.7 Å². The third-order valence-corrected chi connectivity index (χ3v) is 4.19. The molecule has 0 spiro atoms. The Morgan fingerprint density at radius 2 is 1.86 bits per heavy atom. The van der Waals surface area contributed by atoms with Crippen molar-refractivity contribution in [2.24, 2.45) is 5.10 Å². The monoisotopic (exact) mass is 398 g/mol. The Bertz CT molecular complexity index is 1250. The van der Waals surface area contributed by atoms with Gasteiger partial charge in [0.25, 0.3) is 5.69 Å². The summed E-state index contributed by atoms with van der Waals surface area (Å²) in [5.41, 5.74) is 1.88. The van der Waals surface area contributed by atoms with E-state index < -0.39 is 26.8 Å². The first-order valence-electron chi connectivity index (χ1n) is 8.19. The molecule has 0 aliphatic heterocycles. The topological polar surface area (TPSA) is 161 Å². The number of hydrazone groups is 1. The van der Waals surface area contributed by atoms with Crippen LogP contribution < -0.4 is 11.1 Å². The van der Waals surface area contributed by atoms with E-state index in [0.717, 1.165) is 18.2 Å². The van der Waals surface area contributed by atoms with Gasteiger partial charge in [-0.15, -0.1) is 0 Å². The van der Waals surface area contributed by atoms with Gasteiger partial charge in [-0.25, -0.2) is 4.79 Å². The fourth-order valence-corrected chi connectivity index (χ4v) is 2.80. The summed E-state index contributed by atoms with van der Waals surface area (Å²) in [5, 5.41) is 36.9. The van der Waals surface area contributed by atoms with Gasteiger partial charge in [0.15, 0.2) is 5.58 Å². The molecule has 0 radical (unpaired) electrons. The van der Waals surface area contributed by atoms with Gasteiger partial charge in [-0.05, 0) is 37.6 Å². The number of benzene rings is 2. The molecular formula is C18H14N4O7. The van der Waals surface area contributed by atoms with Crippen LogP contribution in [-0.2, 0) is 0 Å². The van der Waals surface area contributed by atoms with E-state index in [1.807, 2.05) is 0 Å². The zero-order chi connectivity index (χ0) is 21.3. The molecule has 29 heavy (non-hydrogen) atoms. The number of nitro groups is 2. The molecule has 0 atom stereocenters. The van der Waals surface area contributed by atoms with E-state index in [2.05, 4.69) is 10.5 Å². The lowest BCUT2D eigenvalue weighted by Gasteiger charge is -2.09. The van der Waals surface area contributed by atoms with E-state index in [9.17, 15) is 30.1 Å². The lowest BCUT2D eigenvalue weighted by atomic mass is 10.0. The molecule has 0 saturated heterocycles. The molecule has 2 N–H and O–H groups in total. The predicted octanol–water partition coefficient (Wildman–Crippen LogP) is 3.46. The smallest absolute Gasteiger partial charge is 0.336 e. The Hall–Kier alpha value is -4.28. The van der Waals surface area contributed by atoms with E-state index in [0.29, 0.717) is 10.9 Å². The van der Waals surface area contributed by atoms with Crippen molar-refractivity contribution in [3.63, 3.8) is 0 Å². The minimum Gasteiger partial charge on any atom is -0.507 e. The highest BCUT2D eigenvalue weighted by Crippen LogP contribution is 2.31. The molecule has 1 heterocycles. The van der Waals surface area contributed by atoms with E-state index in [1.165, 1.54) is 19.1 Å². The number of fused-ring (bicyclic) bond motifs is 1. The Balaban J connectivity index is 2.08. The minimum atomic E-state index is -0.780. The summed E-state index contributed by atoms with van der Waals surface area (Å²) in [6.45, 7) is 3.21. The van der Waals surface area contributed by atoms with E-state index in [4.69, 9.17) is 4.42 Å². The Labute approximate surface area is 162 Å². The molecule has 1 aromatic heterocycles. The highest BCUT2D eigenvalue weighted by molar-refractivity contribution is 6.10. The zero-order valence-electron chi connectivity index (χ0n) is 15.2. The highest BCUT2D eigenvalue weighted by Gasteiger charge is 2.20. The van der Waals surface area contributed by atoms with Crippen molar-refractivity contribution in [2.45, 2.75) is 13.8 Å². The van der Waals surface area contributed by atoms with E-state index in [-0.39, 0.29) is 28.3 Å². The van der Waals surface area contributed by atoms with Crippen molar-refractivity contribution in [3.8, 4) is 5.75 Å². The lowest BCUT2D eigenvalue weighted by Crippen LogP contribution is -2.06. The number of hydrogen-bond donors (Lipinski definition) is 2. The number of nitrogens with zero attached hydrogens (tertiary/aromatic N) is 3. The first kappa shape index (κ1) is 19.5. The number of anilines is 1. The summed E-state index contributed by atoms with van der Waals surface area (Å²) < 4.78 is 5.22. The number of rotatable bonds is 5. The fourth-order valence-electron chi connectivity index (χ4n) is 2.80. The van der Waals surface area contributed by atoms with Gasteiger partial charge in [0, 0.05) is 17.5 Å². The zero-order valence-corrected chi connectivity index (χ0v) is 15.2. The van der Waals surface area contributed by atoms with Crippen molar-refractivity contribution in [1.82, 2.24) is 0 Å².